The minimum atomic E-state index is -1.95. The van der Waals surface area contributed by atoms with Crippen LogP contribution < -0.4 is 0 Å². The van der Waals surface area contributed by atoms with Gasteiger partial charge in [0.15, 0.2) is 0 Å². The van der Waals surface area contributed by atoms with E-state index in [2.05, 4.69) is 0 Å². The molecule has 0 aromatic heterocycles. The first kappa shape index (κ1) is 14.3. The molecule has 1 fully saturated rings. The smallest absolute Gasteiger partial charge is 0.364 e. The molecule has 7 nitrogen and oxygen atoms in total. The summed E-state index contributed by atoms with van der Waals surface area (Å²) in [6.07, 6.45) is -3.32. The molecule has 1 aliphatic rings. The van der Waals surface area contributed by atoms with E-state index in [0.717, 1.165) is 0 Å². The quantitative estimate of drug-likeness (QED) is 0.479. The van der Waals surface area contributed by atoms with Gasteiger partial charge in [-0.05, 0) is 6.92 Å². The monoisotopic (exact) mass is 250 g/mol. The number of hydrogen-bond donors (Lipinski definition) is 4. The van der Waals surface area contributed by atoms with Crippen molar-refractivity contribution in [1.82, 2.24) is 0 Å². The van der Waals surface area contributed by atoms with Crippen molar-refractivity contribution < 1.29 is 34.7 Å². The number of aliphatic hydroxyl groups excluding tert-OH is 3. The standard InChI is InChI=1S/C10H18O7/c1-2-16-10(9(14)15)4-6(12)3-8(17-10)7(13)5-11/h6-8,11-13H,2-5H2,1H3,(H,14,15)/t6?,7-,8?,10-/m1/s1. The molecule has 4 atom stereocenters. The van der Waals surface area contributed by atoms with Gasteiger partial charge in [-0.15, -0.1) is 0 Å². The summed E-state index contributed by atoms with van der Waals surface area (Å²) in [7, 11) is 0. The SMILES string of the molecule is CCO[C@]1(C(=O)O)CC(O)CC([C@H](O)CO)O1. The van der Waals surface area contributed by atoms with Crippen LogP contribution in [0.2, 0.25) is 0 Å². The summed E-state index contributed by atoms with van der Waals surface area (Å²) in [5, 5.41) is 37.0. The highest BCUT2D eigenvalue weighted by Crippen LogP contribution is 2.32. The maximum Gasteiger partial charge on any atom is 0.364 e. The molecule has 0 aromatic rings. The van der Waals surface area contributed by atoms with Crippen molar-refractivity contribution in [1.29, 1.82) is 0 Å². The molecule has 2 unspecified atom stereocenters. The van der Waals surface area contributed by atoms with E-state index in [0.29, 0.717) is 0 Å². The molecule has 0 aromatic carbocycles. The zero-order valence-electron chi connectivity index (χ0n) is 9.57. The number of rotatable bonds is 5. The van der Waals surface area contributed by atoms with Crippen LogP contribution in [0.1, 0.15) is 19.8 Å². The van der Waals surface area contributed by atoms with E-state index in [-0.39, 0.29) is 19.4 Å². The van der Waals surface area contributed by atoms with Gasteiger partial charge in [0.05, 0.1) is 18.8 Å². The minimum absolute atomic E-state index is 0.0594. The zero-order valence-corrected chi connectivity index (χ0v) is 9.57. The lowest BCUT2D eigenvalue weighted by molar-refractivity contribution is -0.300. The van der Waals surface area contributed by atoms with Crippen LogP contribution in [0, 0.1) is 0 Å². The van der Waals surface area contributed by atoms with E-state index in [4.69, 9.17) is 19.7 Å². The van der Waals surface area contributed by atoms with Crippen LogP contribution in [-0.2, 0) is 14.3 Å². The summed E-state index contributed by atoms with van der Waals surface area (Å²) >= 11 is 0. The molecule has 17 heavy (non-hydrogen) atoms. The van der Waals surface area contributed by atoms with Gasteiger partial charge < -0.3 is 29.9 Å². The Morgan fingerprint density at radius 3 is 2.76 bits per heavy atom. The summed E-state index contributed by atoms with van der Waals surface area (Å²) in [4.78, 5) is 11.2. The van der Waals surface area contributed by atoms with E-state index >= 15 is 0 Å². The van der Waals surface area contributed by atoms with Gasteiger partial charge in [-0.1, -0.05) is 0 Å². The van der Waals surface area contributed by atoms with Crippen LogP contribution in [0.5, 0.6) is 0 Å². The number of hydrogen-bond acceptors (Lipinski definition) is 6. The van der Waals surface area contributed by atoms with Crippen LogP contribution in [-0.4, -0.2) is 63.7 Å². The Morgan fingerprint density at radius 1 is 1.65 bits per heavy atom. The molecule has 0 bridgehead atoms. The summed E-state index contributed by atoms with van der Waals surface area (Å²) in [5.41, 5.74) is 0. The molecule has 1 heterocycles. The fraction of sp³-hybridized carbons (Fsp3) is 0.900. The second-order valence-electron chi connectivity index (χ2n) is 3.99. The highest BCUT2D eigenvalue weighted by Gasteiger charge is 2.50. The maximum absolute atomic E-state index is 11.2. The summed E-state index contributed by atoms with van der Waals surface area (Å²) in [6, 6.07) is 0. The molecule has 0 saturated carbocycles. The Kier molecular flexibility index (Phi) is 4.84. The lowest BCUT2D eigenvalue weighted by Crippen LogP contribution is -2.56. The highest BCUT2D eigenvalue weighted by atomic mass is 16.7. The van der Waals surface area contributed by atoms with Crippen molar-refractivity contribution in [3.63, 3.8) is 0 Å². The lowest BCUT2D eigenvalue weighted by Gasteiger charge is -2.40. The number of carboxylic acid groups (broad SMARTS) is 1. The van der Waals surface area contributed by atoms with Gasteiger partial charge in [-0.25, -0.2) is 4.79 Å². The maximum atomic E-state index is 11.2. The van der Waals surface area contributed by atoms with Crippen LogP contribution in [0.15, 0.2) is 0 Å². The summed E-state index contributed by atoms with van der Waals surface area (Å²) in [5.74, 6) is -3.30. The van der Waals surface area contributed by atoms with Crippen molar-refractivity contribution >= 4 is 5.97 Å². The molecule has 4 N–H and O–H groups in total. The molecule has 0 amide bonds. The Morgan fingerprint density at radius 2 is 2.29 bits per heavy atom. The van der Waals surface area contributed by atoms with Crippen LogP contribution in [0.3, 0.4) is 0 Å². The molecule has 0 radical (unpaired) electrons. The van der Waals surface area contributed by atoms with E-state index in [1.54, 1.807) is 6.92 Å². The van der Waals surface area contributed by atoms with Crippen LogP contribution >= 0.6 is 0 Å². The van der Waals surface area contributed by atoms with Crippen molar-refractivity contribution in [2.24, 2.45) is 0 Å². The van der Waals surface area contributed by atoms with Gasteiger partial charge in [0, 0.05) is 19.4 Å². The average Bonchev–Trinajstić information content (AvgIpc) is 2.27. The number of carboxylic acids is 1. The van der Waals surface area contributed by atoms with Crippen LogP contribution in [0.25, 0.3) is 0 Å². The first-order valence-corrected chi connectivity index (χ1v) is 5.47. The van der Waals surface area contributed by atoms with E-state index in [1.807, 2.05) is 0 Å². The molecule has 7 heteroatoms. The van der Waals surface area contributed by atoms with Crippen LogP contribution in [0.4, 0.5) is 0 Å². The third kappa shape index (κ3) is 3.14. The van der Waals surface area contributed by atoms with Crippen molar-refractivity contribution in [2.75, 3.05) is 13.2 Å². The molecule has 0 aliphatic carbocycles. The zero-order chi connectivity index (χ0) is 13.1. The van der Waals surface area contributed by atoms with Gasteiger partial charge in [0.1, 0.15) is 6.10 Å². The number of ether oxygens (including phenoxy) is 2. The van der Waals surface area contributed by atoms with Gasteiger partial charge in [0.25, 0.3) is 5.79 Å². The van der Waals surface area contributed by atoms with Gasteiger partial charge in [-0.3, -0.25) is 0 Å². The average molecular weight is 250 g/mol. The first-order valence-electron chi connectivity index (χ1n) is 5.47. The van der Waals surface area contributed by atoms with Crippen molar-refractivity contribution in [3.05, 3.63) is 0 Å². The highest BCUT2D eigenvalue weighted by molar-refractivity contribution is 5.75. The van der Waals surface area contributed by atoms with Gasteiger partial charge >= 0.3 is 5.97 Å². The summed E-state index contributed by atoms with van der Waals surface area (Å²) < 4.78 is 10.3. The Bertz CT molecular complexity index is 269. The first-order chi connectivity index (χ1) is 7.95. The third-order valence-corrected chi connectivity index (χ3v) is 2.67. The van der Waals surface area contributed by atoms with Crippen molar-refractivity contribution in [2.45, 2.75) is 43.9 Å². The molecule has 100 valence electrons. The largest absolute Gasteiger partial charge is 0.477 e. The van der Waals surface area contributed by atoms with Gasteiger partial charge in [0.2, 0.25) is 0 Å². The summed E-state index contributed by atoms with van der Waals surface area (Å²) in [6.45, 7) is 1.13. The van der Waals surface area contributed by atoms with E-state index in [9.17, 15) is 15.0 Å². The Labute approximate surface area is 98.6 Å². The third-order valence-electron chi connectivity index (χ3n) is 2.67. The Balaban J connectivity index is 2.86. The Hall–Kier alpha value is -0.730. The number of aliphatic hydroxyl groups is 3. The molecule has 1 saturated heterocycles. The lowest BCUT2D eigenvalue weighted by atomic mass is 9.95. The second kappa shape index (κ2) is 5.74. The predicted octanol–water partition coefficient (Wildman–Crippen LogP) is -1.30. The van der Waals surface area contributed by atoms with E-state index in [1.165, 1.54) is 0 Å². The fourth-order valence-corrected chi connectivity index (χ4v) is 1.88. The molecular weight excluding hydrogens is 232 g/mol. The molecule has 0 spiro atoms. The van der Waals surface area contributed by atoms with Gasteiger partial charge in [-0.2, -0.15) is 0 Å². The second-order valence-corrected chi connectivity index (χ2v) is 3.99. The van der Waals surface area contributed by atoms with Crippen molar-refractivity contribution in [3.8, 4) is 0 Å². The predicted molar refractivity (Wildman–Crippen MR) is 55.2 cm³/mol. The number of aliphatic carboxylic acids is 1. The van der Waals surface area contributed by atoms with E-state index < -0.39 is 36.7 Å². The minimum Gasteiger partial charge on any atom is -0.477 e. The normalized spacial score (nSPS) is 35.5. The molecular formula is C10H18O7. The number of carbonyl (C=O) groups is 1. The molecule has 1 aliphatic heterocycles. The topological polar surface area (TPSA) is 116 Å². The molecule has 1 rings (SSSR count). The fourth-order valence-electron chi connectivity index (χ4n) is 1.88.